The monoisotopic (exact) mass is 331 g/mol. The number of rotatable bonds is 2. The minimum Gasteiger partial charge on any atom is -0.490 e. The number of nitrogens with one attached hydrogen (secondary N) is 1. The van der Waals surface area contributed by atoms with Crippen LogP contribution in [0.5, 0.6) is 5.75 Å². The third-order valence-corrected chi connectivity index (χ3v) is 3.97. The standard InChI is InChI=1S/C18H25N3O3/c1-12-19-15-6-5-14(11-16(15)20-12)23-13-7-9-21(10-8-13)17(22)24-18(2,3)4/h5-6,11,13H,7-10H2,1-4H3,(H,19,20). The molecule has 1 N–H and O–H groups in total. The van der Waals surface area contributed by atoms with Gasteiger partial charge in [-0.15, -0.1) is 0 Å². The molecule has 1 aromatic carbocycles. The molecule has 1 amide bonds. The van der Waals surface area contributed by atoms with E-state index >= 15 is 0 Å². The summed E-state index contributed by atoms with van der Waals surface area (Å²) >= 11 is 0. The van der Waals surface area contributed by atoms with Crippen molar-refractivity contribution >= 4 is 17.1 Å². The number of ether oxygens (including phenoxy) is 2. The molecule has 0 aliphatic carbocycles. The van der Waals surface area contributed by atoms with Gasteiger partial charge in [-0.3, -0.25) is 0 Å². The van der Waals surface area contributed by atoms with Crippen LogP contribution in [0, 0.1) is 6.92 Å². The highest BCUT2D eigenvalue weighted by molar-refractivity contribution is 5.76. The zero-order valence-electron chi connectivity index (χ0n) is 14.8. The van der Waals surface area contributed by atoms with Crippen LogP contribution in [0.15, 0.2) is 18.2 Å². The molecule has 1 aliphatic rings. The van der Waals surface area contributed by atoms with E-state index in [1.165, 1.54) is 0 Å². The zero-order valence-corrected chi connectivity index (χ0v) is 14.8. The number of piperidine rings is 1. The number of H-pyrrole nitrogens is 1. The molecule has 1 aromatic heterocycles. The number of amides is 1. The van der Waals surface area contributed by atoms with Gasteiger partial charge in [0.2, 0.25) is 0 Å². The van der Waals surface area contributed by atoms with Crippen molar-refractivity contribution in [3.05, 3.63) is 24.0 Å². The number of hydrogen-bond donors (Lipinski definition) is 1. The van der Waals surface area contributed by atoms with Gasteiger partial charge in [-0.05, 0) is 39.8 Å². The number of aromatic amines is 1. The van der Waals surface area contributed by atoms with Gasteiger partial charge in [-0.25, -0.2) is 9.78 Å². The van der Waals surface area contributed by atoms with Gasteiger partial charge in [-0.1, -0.05) is 0 Å². The molecule has 3 rings (SSSR count). The molecule has 2 heterocycles. The number of carbonyl (C=O) groups is 1. The summed E-state index contributed by atoms with van der Waals surface area (Å²) in [6.45, 7) is 8.90. The van der Waals surface area contributed by atoms with Crippen LogP contribution in [-0.4, -0.2) is 45.8 Å². The maximum Gasteiger partial charge on any atom is 0.410 e. The van der Waals surface area contributed by atoms with Gasteiger partial charge >= 0.3 is 6.09 Å². The summed E-state index contributed by atoms with van der Waals surface area (Å²) in [5.74, 6) is 1.73. The van der Waals surface area contributed by atoms with E-state index in [1.54, 1.807) is 4.90 Å². The lowest BCUT2D eigenvalue weighted by Crippen LogP contribution is -2.44. The Balaban J connectivity index is 1.55. The lowest BCUT2D eigenvalue weighted by atomic mass is 10.1. The van der Waals surface area contributed by atoms with Crippen LogP contribution in [0.3, 0.4) is 0 Å². The molecule has 24 heavy (non-hydrogen) atoms. The second-order valence-electron chi connectivity index (χ2n) is 7.29. The zero-order chi connectivity index (χ0) is 17.3. The van der Waals surface area contributed by atoms with Crippen LogP contribution in [0.4, 0.5) is 4.79 Å². The van der Waals surface area contributed by atoms with Gasteiger partial charge in [0.25, 0.3) is 0 Å². The highest BCUT2D eigenvalue weighted by Gasteiger charge is 2.27. The fourth-order valence-corrected chi connectivity index (χ4v) is 2.86. The Morgan fingerprint density at radius 3 is 2.67 bits per heavy atom. The van der Waals surface area contributed by atoms with E-state index in [1.807, 2.05) is 45.9 Å². The minimum atomic E-state index is -0.456. The summed E-state index contributed by atoms with van der Waals surface area (Å²) in [5.41, 5.74) is 1.47. The van der Waals surface area contributed by atoms with Crippen molar-refractivity contribution in [1.29, 1.82) is 0 Å². The topological polar surface area (TPSA) is 67.4 Å². The molecule has 6 heteroatoms. The smallest absolute Gasteiger partial charge is 0.410 e. The molecule has 0 radical (unpaired) electrons. The van der Waals surface area contributed by atoms with Gasteiger partial charge in [0.15, 0.2) is 0 Å². The molecule has 0 atom stereocenters. The van der Waals surface area contributed by atoms with Crippen LogP contribution in [0.25, 0.3) is 11.0 Å². The third-order valence-electron chi connectivity index (χ3n) is 3.97. The summed E-state index contributed by atoms with van der Waals surface area (Å²) in [6.07, 6.45) is 1.49. The number of carbonyl (C=O) groups excluding carboxylic acids is 1. The Hall–Kier alpha value is -2.24. The number of aromatic nitrogens is 2. The fourth-order valence-electron chi connectivity index (χ4n) is 2.86. The first-order chi connectivity index (χ1) is 11.3. The molecule has 0 unspecified atom stereocenters. The summed E-state index contributed by atoms with van der Waals surface area (Å²) in [4.78, 5) is 21.4. The second kappa shape index (κ2) is 6.34. The summed E-state index contributed by atoms with van der Waals surface area (Å²) in [5, 5.41) is 0. The van der Waals surface area contributed by atoms with Gasteiger partial charge < -0.3 is 19.4 Å². The highest BCUT2D eigenvalue weighted by Crippen LogP contribution is 2.23. The lowest BCUT2D eigenvalue weighted by molar-refractivity contribution is 0.0127. The van der Waals surface area contributed by atoms with Crippen molar-refractivity contribution in [3.63, 3.8) is 0 Å². The average Bonchev–Trinajstić information content (AvgIpc) is 2.85. The van der Waals surface area contributed by atoms with Gasteiger partial charge in [-0.2, -0.15) is 0 Å². The Morgan fingerprint density at radius 2 is 2.00 bits per heavy atom. The molecule has 1 saturated heterocycles. The first-order valence-corrected chi connectivity index (χ1v) is 8.41. The molecule has 0 saturated carbocycles. The van der Waals surface area contributed by atoms with E-state index in [9.17, 15) is 4.79 Å². The highest BCUT2D eigenvalue weighted by atomic mass is 16.6. The molecule has 1 fully saturated rings. The summed E-state index contributed by atoms with van der Waals surface area (Å²) in [7, 11) is 0. The number of aryl methyl sites for hydroxylation is 1. The lowest BCUT2D eigenvalue weighted by Gasteiger charge is -2.33. The third kappa shape index (κ3) is 3.99. The van der Waals surface area contributed by atoms with Crippen molar-refractivity contribution in [2.24, 2.45) is 0 Å². The normalized spacial score (nSPS) is 16.4. The number of benzene rings is 1. The molecule has 2 aromatic rings. The molecule has 130 valence electrons. The summed E-state index contributed by atoms with van der Waals surface area (Å²) < 4.78 is 11.5. The minimum absolute atomic E-state index is 0.116. The van der Waals surface area contributed by atoms with Crippen LogP contribution in [0.1, 0.15) is 39.4 Å². The van der Waals surface area contributed by atoms with Crippen molar-refractivity contribution < 1.29 is 14.3 Å². The number of fused-ring (bicyclic) bond motifs is 1. The quantitative estimate of drug-likeness (QED) is 0.912. The van der Waals surface area contributed by atoms with Crippen molar-refractivity contribution in [2.75, 3.05) is 13.1 Å². The van der Waals surface area contributed by atoms with Gasteiger partial charge in [0.1, 0.15) is 23.3 Å². The fraction of sp³-hybridized carbons (Fsp3) is 0.556. The van der Waals surface area contributed by atoms with E-state index in [2.05, 4.69) is 9.97 Å². The number of likely N-dealkylation sites (tertiary alicyclic amines) is 1. The van der Waals surface area contributed by atoms with Crippen molar-refractivity contribution in [1.82, 2.24) is 14.9 Å². The second-order valence-corrected chi connectivity index (χ2v) is 7.29. The molecule has 1 aliphatic heterocycles. The Labute approximate surface area is 142 Å². The molecule has 0 bridgehead atoms. The number of nitrogens with zero attached hydrogens (tertiary/aromatic N) is 2. The van der Waals surface area contributed by atoms with E-state index in [0.717, 1.165) is 35.4 Å². The molecular weight excluding hydrogens is 306 g/mol. The predicted molar refractivity (Wildman–Crippen MR) is 92.3 cm³/mol. The Kier molecular flexibility index (Phi) is 4.39. The number of hydrogen-bond acceptors (Lipinski definition) is 4. The van der Waals surface area contributed by atoms with Crippen molar-refractivity contribution in [2.45, 2.75) is 52.2 Å². The molecule has 6 nitrogen and oxygen atoms in total. The Bertz CT molecular complexity index is 725. The SMILES string of the molecule is Cc1nc2ccc(OC3CCN(C(=O)OC(C)(C)C)CC3)cc2[nH]1. The first-order valence-electron chi connectivity index (χ1n) is 8.41. The predicted octanol–water partition coefficient (Wildman–Crippen LogP) is 3.65. The number of imidazole rings is 1. The average molecular weight is 331 g/mol. The molecule has 0 spiro atoms. The van der Waals surface area contributed by atoms with Crippen LogP contribution >= 0.6 is 0 Å². The van der Waals surface area contributed by atoms with E-state index in [-0.39, 0.29) is 12.2 Å². The largest absolute Gasteiger partial charge is 0.490 e. The van der Waals surface area contributed by atoms with Gasteiger partial charge in [0, 0.05) is 32.0 Å². The van der Waals surface area contributed by atoms with Crippen LogP contribution in [0.2, 0.25) is 0 Å². The maximum absolute atomic E-state index is 12.1. The van der Waals surface area contributed by atoms with E-state index < -0.39 is 5.60 Å². The summed E-state index contributed by atoms with van der Waals surface area (Å²) in [6, 6.07) is 5.89. The van der Waals surface area contributed by atoms with Crippen LogP contribution < -0.4 is 4.74 Å². The van der Waals surface area contributed by atoms with Crippen LogP contribution in [-0.2, 0) is 4.74 Å². The maximum atomic E-state index is 12.1. The molecular formula is C18H25N3O3. The van der Waals surface area contributed by atoms with E-state index in [0.29, 0.717) is 13.1 Å². The Morgan fingerprint density at radius 1 is 1.29 bits per heavy atom. The van der Waals surface area contributed by atoms with Crippen molar-refractivity contribution in [3.8, 4) is 5.75 Å². The van der Waals surface area contributed by atoms with E-state index in [4.69, 9.17) is 9.47 Å². The van der Waals surface area contributed by atoms with Gasteiger partial charge in [0.05, 0.1) is 11.0 Å². The first kappa shape index (κ1) is 16.6.